The first kappa shape index (κ1) is 25.9. The molecule has 2 aliphatic rings. The number of nitrogens with zero attached hydrogens (tertiary/aromatic N) is 3. The van der Waals surface area contributed by atoms with Crippen LogP contribution in [0.15, 0.2) is 67.0 Å². The Balaban J connectivity index is 1.17. The van der Waals surface area contributed by atoms with Gasteiger partial charge < -0.3 is 20.3 Å². The van der Waals surface area contributed by atoms with Crippen molar-refractivity contribution in [2.45, 2.75) is 32.6 Å². The van der Waals surface area contributed by atoms with E-state index in [2.05, 4.69) is 24.0 Å². The van der Waals surface area contributed by atoms with Crippen molar-refractivity contribution in [1.82, 2.24) is 14.8 Å². The van der Waals surface area contributed by atoms with Gasteiger partial charge in [0.05, 0.1) is 13.2 Å². The molecule has 2 amide bonds. The molecule has 0 saturated carbocycles. The van der Waals surface area contributed by atoms with Gasteiger partial charge in [0.25, 0.3) is 0 Å². The van der Waals surface area contributed by atoms with Crippen molar-refractivity contribution in [3.05, 3.63) is 83.7 Å². The number of hydrogen-bond donors (Lipinski definition) is 1. The number of likely N-dealkylation sites (tertiary alicyclic amines) is 1. The number of aromatic nitrogens is 1. The molecule has 3 heterocycles. The van der Waals surface area contributed by atoms with E-state index in [1.54, 1.807) is 12.4 Å². The van der Waals surface area contributed by atoms with Crippen LogP contribution in [0.2, 0.25) is 0 Å². The second-order valence-corrected chi connectivity index (χ2v) is 10.8. The second kappa shape index (κ2) is 11.4. The molecule has 2 N–H and O–H groups in total. The molecule has 38 heavy (non-hydrogen) atoms. The fourth-order valence-electron chi connectivity index (χ4n) is 5.43. The number of benzene rings is 2. The van der Waals surface area contributed by atoms with E-state index >= 15 is 0 Å². The Morgan fingerprint density at radius 3 is 2.24 bits per heavy atom. The molecule has 2 fully saturated rings. The summed E-state index contributed by atoms with van der Waals surface area (Å²) in [6.45, 7) is 6.48. The number of carbonyl (C=O) groups excluding carboxylic acids is 2. The van der Waals surface area contributed by atoms with E-state index < -0.39 is 0 Å². The Bertz CT molecular complexity index is 1260. The lowest BCUT2D eigenvalue weighted by atomic mass is 9.75. The van der Waals surface area contributed by atoms with E-state index in [-0.39, 0.29) is 23.7 Å². The molecule has 2 aliphatic heterocycles. The number of anilines is 1. The molecule has 7 nitrogen and oxygen atoms in total. The zero-order valence-corrected chi connectivity index (χ0v) is 22.1. The number of morpholine rings is 1. The summed E-state index contributed by atoms with van der Waals surface area (Å²) in [7, 11) is 0. The van der Waals surface area contributed by atoms with E-state index in [9.17, 15) is 9.59 Å². The van der Waals surface area contributed by atoms with Gasteiger partial charge in [0.1, 0.15) is 0 Å². The number of urea groups is 1. The van der Waals surface area contributed by atoms with Crippen LogP contribution in [0.3, 0.4) is 0 Å². The van der Waals surface area contributed by atoms with Crippen LogP contribution in [-0.4, -0.2) is 66.0 Å². The number of ketones is 1. The number of amides is 2. The zero-order valence-electron chi connectivity index (χ0n) is 22.1. The summed E-state index contributed by atoms with van der Waals surface area (Å²) >= 11 is 0. The first-order valence-electron chi connectivity index (χ1n) is 13.4. The van der Waals surface area contributed by atoms with Gasteiger partial charge in [0.15, 0.2) is 5.78 Å². The predicted molar refractivity (Wildman–Crippen MR) is 149 cm³/mol. The Morgan fingerprint density at radius 2 is 1.55 bits per heavy atom. The Morgan fingerprint density at radius 1 is 0.895 bits per heavy atom. The molecular formula is C31H36N4O3. The van der Waals surface area contributed by atoms with Crippen LogP contribution < -0.4 is 5.73 Å². The van der Waals surface area contributed by atoms with Crippen molar-refractivity contribution in [2.24, 2.45) is 5.41 Å². The monoisotopic (exact) mass is 512 g/mol. The normalized spacial score (nSPS) is 17.3. The van der Waals surface area contributed by atoms with Crippen molar-refractivity contribution in [1.29, 1.82) is 0 Å². The van der Waals surface area contributed by atoms with Crippen LogP contribution in [-0.2, 0) is 17.6 Å². The highest BCUT2D eigenvalue weighted by Crippen LogP contribution is 2.35. The summed E-state index contributed by atoms with van der Waals surface area (Å²) < 4.78 is 5.38. The Hall–Kier alpha value is -3.71. The molecule has 7 heteroatoms. The average molecular weight is 513 g/mol. The molecule has 5 rings (SSSR count). The largest absolute Gasteiger partial charge is 0.398 e. The lowest BCUT2D eigenvalue weighted by molar-refractivity contribution is 0.0360. The van der Waals surface area contributed by atoms with Crippen LogP contribution in [0.1, 0.15) is 41.3 Å². The SMILES string of the molecule is CC1(Cc2ccc(C(=O)Cc3cc(-c4ccncc4)ccc3N)cc2)CCN(C(=O)N2CCOCC2)CC1. The van der Waals surface area contributed by atoms with Crippen molar-refractivity contribution >= 4 is 17.5 Å². The number of hydrogen-bond acceptors (Lipinski definition) is 5. The molecule has 3 aromatic rings. The minimum atomic E-state index is 0.0521. The number of piperidine rings is 1. The van der Waals surface area contributed by atoms with Crippen molar-refractivity contribution < 1.29 is 14.3 Å². The molecule has 0 atom stereocenters. The summed E-state index contributed by atoms with van der Waals surface area (Å²) in [5.74, 6) is 0.0521. The van der Waals surface area contributed by atoms with Crippen LogP contribution in [0.25, 0.3) is 11.1 Å². The maximum Gasteiger partial charge on any atom is 0.320 e. The molecule has 0 unspecified atom stereocenters. The number of carbonyl (C=O) groups is 2. The van der Waals surface area contributed by atoms with E-state index in [1.165, 1.54) is 5.56 Å². The lowest BCUT2D eigenvalue weighted by Crippen LogP contribution is -2.51. The molecule has 0 bridgehead atoms. The topological polar surface area (TPSA) is 88.8 Å². The van der Waals surface area contributed by atoms with Gasteiger partial charge in [0, 0.05) is 56.2 Å². The highest BCUT2D eigenvalue weighted by molar-refractivity contribution is 5.98. The molecule has 0 radical (unpaired) electrons. The summed E-state index contributed by atoms with van der Waals surface area (Å²) in [5.41, 5.74) is 11.8. The van der Waals surface area contributed by atoms with Crippen LogP contribution in [0, 0.1) is 5.41 Å². The Labute approximate surface area is 224 Å². The van der Waals surface area contributed by atoms with E-state index in [4.69, 9.17) is 10.5 Å². The minimum absolute atomic E-state index is 0.0521. The predicted octanol–water partition coefficient (Wildman–Crippen LogP) is 4.85. The summed E-state index contributed by atoms with van der Waals surface area (Å²) in [6, 6.07) is 17.9. The first-order chi connectivity index (χ1) is 18.4. The Kier molecular flexibility index (Phi) is 7.74. The van der Waals surface area contributed by atoms with Crippen LogP contribution in [0.4, 0.5) is 10.5 Å². The number of nitrogens with two attached hydrogens (primary N) is 1. The van der Waals surface area contributed by atoms with Crippen LogP contribution in [0.5, 0.6) is 0 Å². The molecule has 2 saturated heterocycles. The molecular weight excluding hydrogens is 476 g/mol. The zero-order chi connectivity index (χ0) is 26.5. The average Bonchev–Trinajstić information content (AvgIpc) is 2.95. The van der Waals surface area contributed by atoms with Gasteiger partial charge in [-0.1, -0.05) is 37.3 Å². The number of ether oxygens (including phenoxy) is 1. The van der Waals surface area contributed by atoms with Gasteiger partial charge in [-0.15, -0.1) is 0 Å². The highest BCUT2D eigenvalue weighted by Gasteiger charge is 2.33. The maximum absolute atomic E-state index is 13.1. The third-order valence-corrected chi connectivity index (χ3v) is 7.94. The molecule has 198 valence electrons. The number of nitrogen functional groups attached to an aromatic ring is 1. The van der Waals surface area contributed by atoms with E-state index in [1.807, 2.05) is 52.3 Å². The maximum atomic E-state index is 13.1. The van der Waals surface area contributed by atoms with Crippen molar-refractivity contribution in [2.75, 3.05) is 45.1 Å². The van der Waals surface area contributed by atoms with Gasteiger partial charge >= 0.3 is 6.03 Å². The van der Waals surface area contributed by atoms with Gasteiger partial charge in [-0.25, -0.2) is 4.79 Å². The first-order valence-corrected chi connectivity index (χ1v) is 13.4. The van der Waals surface area contributed by atoms with Crippen molar-refractivity contribution in [3.8, 4) is 11.1 Å². The summed E-state index contributed by atoms with van der Waals surface area (Å²) in [4.78, 5) is 33.9. The number of Topliss-reactive ketones (excluding diaryl/α,β-unsaturated/α-hetero) is 1. The van der Waals surface area contributed by atoms with Gasteiger partial charge in [-0.05, 0) is 71.2 Å². The second-order valence-electron chi connectivity index (χ2n) is 10.8. The molecule has 0 spiro atoms. The fraction of sp³-hybridized carbons (Fsp3) is 0.387. The van der Waals surface area contributed by atoms with Crippen LogP contribution >= 0.6 is 0 Å². The lowest BCUT2D eigenvalue weighted by Gasteiger charge is -2.42. The van der Waals surface area contributed by atoms with Gasteiger partial charge in [0.2, 0.25) is 0 Å². The molecule has 1 aromatic heterocycles. The quantitative estimate of drug-likeness (QED) is 0.377. The van der Waals surface area contributed by atoms with Crippen molar-refractivity contribution in [3.63, 3.8) is 0 Å². The fourth-order valence-corrected chi connectivity index (χ4v) is 5.43. The highest BCUT2D eigenvalue weighted by atomic mass is 16.5. The third kappa shape index (κ3) is 6.05. The third-order valence-electron chi connectivity index (χ3n) is 7.94. The molecule has 0 aliphatic carbocycles. The van der Waals surface area contributed by atoms with Gasteiger partial charge in [-0.2, -0.15) is 0 Å². The summed E-state index contributed by atoms with van der Waals surface area (Å²) in [6.07, 6.45) is 6.64. The number of pyridine rings is 1. The van der Waals surface area contributed by atoms with E-state index in [0.29, 0.717) is 37.6 Å². The summed E-state index contributed by atoms with van der Waals surface area (Å²) in [5, 5.41) is 0. The van der Waals surface area contributed by atoms with Gasteiger partial charge in [-0.3, -0.25) is 9.78 Å². The smallest absolute Gasteiger partial charge is 0.320 e. The standard InChI is InChI=1S/C31H36N4O3/c1-31(10-14-34(15-11-31)30(37)35-16-18-38-19-17-35)22-23-2-4-25(5-3-23)29(36)21-27-20-26(6-7-28(27)32)24-8-12-33-13-9-24/h2-9,12-13,20H,10-11,14-19,21-22,32H2,1H3. The van der Waals surface area contributed by atoms with E-state index in [0.717, 1.165) is 49.0 Å². The molecule has 2 aromatic carbocycles. The minimum Gasteiger partial charge on any atom is -0.398 e. The number of rotatable bonds is 6.